The van der Waals surface area contributed by atoms with Gasteiger partial charge in [-0.3, -0.25) is 4.79 Å². The molecule has 4 heteroatoms. The van der Waals surface area contributed by atoms with E-state index in [9.17, 15) is 4.79 Å². The molecule has 0 aliphatic heterocycles. The minimum Gasteiger partial charge on any atom is -0.345 e. The highest BCUT2D eigenvalue weighted by Gasteiger charge is 2.45. The third-order valence-corrected chi connectivity index (χ3v) is 6.18. The molecule has 30 heavy (non-hydrogen) atoms. The molecule has 0 N–H and O–H groups in total. The Bertz CT molecular complexity index is 995. The highest BCUT2D eigenvalue weighted by molar-refractivity contribution is 6.31. The number of aromatic nitrogens is 1. The average Bonchev–Trinajstić information content (AvgIpc) is 3.43. The van der Waals surface area contributed by atoms with Gasteiger partial charge in [0.2, 0.25) is 5.91 Å². The van der Waals surface area contributed by atoms with Crippen LogP contribution in [0.2, 0.25) is 5.02 Å². The molecule has 0 spiro atoms. The minimum atomic E-state index is 0.109. The zero-order chi connectivity index (χ0) is 21.1. The van der Waals surface area contributed by atoms with E-state index in [1.54, 1.807) is 0 Å². The van der Waals surface area contributed by atoms with Gasteiger partial charge in [0.15, 0.2) is 0 Å². The molecule has 4 rings (SSSR count). The maximum atomic E-state index is 13.4. The first-order valence-corrected chi connectivity index (χ1v) is 11.1. The van der Waals surface area contributed by atoms with Crippen molar-refractivity contribution in [1.82, 2.24) is 9.47 Å². The van der Waals surface area contributed by atoms with Crippen LogP contribution in [0.1, 0.15) is 43.0 Å². The zero-order valence-corrected chi connectivity index (χ0v) is 18.4. The molecule has 1 saturated carbocycles. The quantitative estimate of drug-likeness (QED) is 0.440. The fraction of sp³-hybridized carbons (Fsp3) is 0.346. The van der Waals surface area contributed by atoms with Crippen molar-refractivity contribution in [1.29, 1.82) is 0 Å². The molecule has 1 aliphatic rings. The van der Waals surface area contributed by atoms with Crippen molar-refractivity contribution in [3.05, 3.63) is 94.8 Å². The molecule has 1 fully saturated rings. The number of carbonyl (C=O) groups excluding carboxylic acids is 1. The molecule has 156 valence electrons. The molecule has 0 bridgehead atoms. The maximum Gasteiger partial charge on any atom is 0.226 e. The van der Waals surface area contributed by atoms with E-state index in [2.05, 4.69) is 65.9 Å². The van der Waals surface area contributed by atoms with Crippen LogP contribution in [0.4, 0.5) is 0 Å². The molecular formula is C26H29ClN2O. The molecule has 1 heterocycles. The molecule has 2 aromatic carbocycles. The number of hydrogen-bond donors (Lipinski definition) is 0. The van der Waals surface area contributed by atoms with E-state index in [4.69, 9.17) is 11.6 Å². The number of rotatable bonds is 8. The standard InChI is InChI=1S/C26H29ClN2O/c1-19(2)16-29(26(30)24-15-23(24)20-9-4-3-5-10-20)18-22-12-8-14-28(22)17-21-11-6-7-13-25(21)27/h3-14,19,23-24H,15-18H2,1-2H3/t23-,24-/m0/s1. The highest BCUT2D eigenvalue weighted by atomic mass is 35.5. The van der Waals surface area contributed by atoms with Gasteiger partial charge in [-0.1, -0.05) is 74.0 Å². The first-order chi connectivity index (χ1) is 14.5. The first kappa shape index (κ1) is 20.7. The monoisotopic (exact) mass is 420 g/mol. The number of halogens is 1. The third kappa shape index (κ3) is 4.79. The van der Waals surface area contributed by atoms with Gasteiger partial charge in [-0.2, -0.15) is 0 Å². The number of carbonyl (C=O) groups is 1. The fourth-order valence-corrected chi connectivity index (χ4v) is 4.39. The fourth-order valence-electron chi connectivity index (χ4n) is 4.20. The van der Waals surface area contributed by atoms with Gasteiger partial charge in [0.1, 0.15) is 0 Å². The second-order valence-corrected chi connectivity index (χ2v) is 9.10. The Morgan fingerprint density at radius 2 is 1.80 bits per heavy atom. The number of hydrogen-bond acceptors (Lipinski definition) is 1. The summed E-state index contributed by atoms with van der Waals surface area (Å²) in [5, 5.41) is 0.774. The molecule has 0 saturated heterocycles. The molecule has 1 aromatic heterocycles. The topological polar surface area (TPSA) is 25.2 Å². The van der Waals surface area contributed by atoms with E-state index < -0.39 is 0 Å². The summed E-state index contributed by atoms with van der Waals surface area (Å²) in [5.41, 5.74) is 3.51. The highest BCUT2D eigenvalue weighted by Crippen LogP contribution is 2.48. The van der Waals surface area contributed by atoms with Crippen LogP contribution in [-0.2, 0) is 17.9 Å². The smallest absolute Gasteiger partial charge is 0.226 e. The minimum absolute atomic E-state index is 0.109. The molecule has 3 aromatic rings. The van der Waals surface area contributed by atoms with Gasteiger partial charge in [-0.15, -0.1) is 0 Å². The van der Waals surface area contributed by atoms with Crippen LogP contribution < -0.4 is 0 Å². The van der Waals surface area contributed by atoms with E-state index in [1.165, 1.54) is 5.56 Å². The number of benzene rings is 2. The molecule has 2 atom stereocenters. The summed E-state index contributed by atoms with van der Waals surface area (Å²) in [6.07, 6.45) is 3.03. The van der Waals surface area contributed by atoms with E-state index >= 15 is 0 Å². The van der Waals surface area contributed by atoms with E-state index in [1.807, 2.05) is 30.3 Å². The number of nitrogens with zero attached hydrogens (tertiary/aromatic N) is 2. The van der Waals surface area contributed by atoms with Crippen molar-refractivity contribution in [2.75, 3.05) is 6.54 Å². The Hall–Kier alpha value is -2.52. The van der Waals surface area contributed by atoms with Crippen LogP contribution >= 0.6 is 11.6 Å². The lowest BCUT2D eigenvalue weighted by atomic mass is 10.1. The first-order valence-electron chi connectivity index (χ1n) is 10.7. The Kier molecular flexibility index (Phi) is 6.29. The largest absolute Gasteiger partial charge is 0.345 e. The van der Waals surface area contributed by atoms with Crippen molar-refractivity contribution in [3.8, 4) is 0 Å². The van der Waals surface area contributed by atoms with Gasteiger partial charge in [0.25, 0.3) is 0 Å². The Labute approximate surface area is 184 Å². The van der Waals surface area contributed by atoms with Gasteiger partial charge in [0, 0.05) is 35.9 Å². The van der Waals surface area contributed by atoms with Gasteiger partial charge in [-0.05, 0) is 47.6 Å². The van der Waals surface area contributed by atoms with Crippen LogP contribution in [0.5, 0.6) is 0 Å². The Morgan fingerprint density at radius 3 is 2.53 bits per heavy atom. The zero-order valence-electron chi connectivity index (χ0n) is 17.7. The van der Waals surface area contributed by atoms with Crippen molar-refractivity contribution in [2.45, 2.75) is 39.3 Å². The second-order valence-electron chi connectivity index (χ2n) is 8.69. The second kappa shape index (κ2) is 9.09. The summed E-state index contributed by atoms with van der Waals surface area (Å²) >= 11 is 6.36. The summed E-state index contributed by atoms with van der Waals surface area (Å²) in [7, 11) is 0. The lowest BCUT2D eigenvalue weighted by molar-refractivity contribution is -0.134. The van der Waals surface area contributed by atoms with E-state index in [0.717, 1.165) is 29.2 Å². The summed E-state index contributed by atoms with van der Waals surface area (Å²) in [6.45, 7) is 6.46. The van der Waals surface area contributed by atoms with Crippen molar-refractivity contribution < 1.29 is 4.79 Å². The lowest BCUT2D eigenvalue weighted by Gasteiger charge is -2.26. The maximum absolute atomic E-state index is 13.4. The van der Waals surface area contributed by atoms with Crippen LogP contribution in [0, 0.1) is 11.8 Å². The predicted octanol–water partition coefficient (Wildman–Crippen LogP) is 5.98. The summed E-state index contributed by atoms with van der Waals surface area (Å²) in [6, 6.07) is 22.5. The van der Waals surface area contributed by atoms with Crippen molar-refractivity contribution in [3.63, 3.8) is 0 Å². The SMILES string of the molecule is CC(C)CN(Cc1cccn1Cc1ccccc1Cl)C(=O)[C@H]1C[C@H]1c1ccccc1. The Balaban J connectivity index is 1.49. The van der Waals surface area contributed by atoms with Crippen LogP contribution in [0.3, 0.4) is 0 Å². The molecular weight excluding hydrogens is 392 g/mol. The molecule has 1 aliphatic carbocycles. The van der Waals surface area contributed by atoms with E-state index in [0.29, 0.717) is 24.9 Å². The molecule has 3 nitrogen and oxygen atoms in total. The molecule has 1 amide bonds. The van der Waals surface area contributed by atoms with Gasteiger partial charge in [0.05, 0.1) is 6.54 Å². The average molecular weight is 421 g/mol. The molecule has 0 unspecified atom stereocenters. The van der Waals surface area contributed by atoms with Gasteiger partial charge >= 0.3 is 0 Å². The Morgan fingerprint density at radius 1 is 1.07 bits per heavy atom. The van der Waals surface area contributed by atoms with Crippen LogP contribution in [0.15, 0.2) is 72.9 Å². The third-order valence-electron chi connectivity index (χ3n) is 5.81. The lowest BCUT2D eigenvalue weighted by Crippen LogP contribution is -2.35. The normalized spacial score (nSPS) is 17.9. The summed E-state index contributed by atoms with van der Waals surface area (Å²) < 4.78 is 2.20. The number of amides is 1. The van der Waals surface area contributed by atoms with E-state index in [-0.39, 0.29) is 11.8 Å². The van der Waals surface area contributed by atoms with Gasteiger partial charge < -0.3 is 9.47 Å². The predicted molar refractivity (Wildman–Crippen MR) is 123 cm³/mol. The molecule has 0 radical (unpaired) electrons. The summed E-state index contributed by atoms with van der Waals surface area (Å²) in [5.74, 6) is 1.18. The van der Waals surface area contributed by atoms with Gasteiger partial charge in [-0.25, -0.2) is 0 Å². The summed E-state index contributed by atoms with van der Waals surface area (Å²) in [4.78, 5) is 15.4. The van der Waals surface area contributed by atoms with Crippen LogP contribution in [0.25, 0.3) is 0 Å². The van der Waals surface area contributed by atoms with Crippen molar-refractivity contribution >= 4 is 17.5 Å². The van der Waals surface area contributed by atoms with Crippen LogP contribution in [-0.4, -0.2) is 21.9 Å². The van der Waals surface area contributed by atoms with Crippen molar-refractivity contribution in [2.24, 2.45) is 11.8 Å².